The summed E-state index contributed by atoms with van der Waals surface area (Å²) >= 11 is 0. The lowest BCUT2D eigenvalue weighted by Crippen LogP contribution is -2.39. The molecule has 6 heteroatoms. The summed E-state index contributed by atoms with van der Waals surface area (Å²) in [6, 6.07) is 5.92. The standard InChI is InChI=1S/C14H19NO4S/c1-3-14(16)11-5-4-6-12(9-11)20(17,18)15-13-7-8-19-10(13)2/h4-6,9-10,13,15H,3,7-8H2,1-2H3. The second kappa shape index (κ2) is 6.03. The maximum absolute atomic E-state index is 12.3. The van der Waals surface area contributed by atoms with E-state index in [1.165, 1.54) is 12.1 Å². The zero-order valence-electron chi connectivity index (χ0n) is 11.6. The van der Waals surface area contributed by atoms with Gasteiger partial charge in [0, 0.05) is 18.6 Å². The summed E-state index contributed by atoms with van der Waals surface area (Å²) in [5.74, 6) is -0.0698. The van der Waals surface area contributed by atoms with Crippen LogP contribution in [0.2, 0.25) is 0 Å². The SMILES string of the molecule is CCC(=O)c1cccc(S(=O)(=O)NC2CCOC2C)c1. The van der Waals surface area contributed by atoms with Crippen LogP contribution >= 0.6 is 0 Å². The molecule has 1 saturated heterocycles. The van der Waals surface area contributed by atoms with E-state index in [9.17, 15) is 13.2 Å². The van der Waals surface area contributed by atoms with Crippen LogP contribution in [0.1, 0.15) is 37.0 Å². The summed E-state index contributed by atoms with van der Waals surface area (Å²) in [5.41, 5.74) is 0.422. The van der Waals surface area contributed by atoms with Gasteiger partial charge in [0.15, 0.2) is 5.78 Å². The molecule has 1 N–H and O–H groups in total. The summed E-state index contributed by atoms with van der Waals surface area (Å²) in [4.78, 5) is 11.8. The van der Waals surface area contributed by atoms with E-state index < -0.39 is 10.0 Å². The van der Waals surface area contributed by atoms with Crippen molar-refractivity contribution in [2.24, 2.45) is 0 Å². The minimum Gasteiger partial charge on any atom is -0.377 e. The molecule has 1 heterocycles. The Hall–Kier alpha value is -1.24. The monoisotopic (exact) mass is 297 g/mol. The first-order chi connectivity index (χ1) is 9.44. The summed E-state index contributed by atoms with van der Waals surface area (Å²) in [5, 5.41) is 0. The smallest absolute Gasteiger partial charge is 0.240 e. The first kappa shape index (κ1) is 15.2. The Bertz CT molecular complexity index is 597. The lowest BCUT2D eigenvalue weighted by Gasteiger charge is -2.16. The number of benzene rings is 1. The Balaban J connectivity index is 2.23. The predicted octanol–water partition coefficient (Wildman–Crippen LogP) is 1.74. The fraction of sp³-hybridized carbons (Fsp3) is 0.500. The van der Waals surface area contributed by atoms with Crippen molar-refractivity contribution in [1.82, 2.24) is 4.72 Å². The fourth-order valence-electron chi connectivity index (χ4n) is 2.19. The van der Waals surface area contributed by atoms with Crippen LogP contribution in [0.4, 0.5) is 0 Å². The molecule has 0 spiro atoms. The third-order valence-electron chi connectivity index (χ3n) is 3.47. The lowest BCUT2D eigenvalue weighted by atomic mass is 10.1. The Morgan fingerprint density at radius 1 is 1.45 bits per heavy atom. The highest BCUT2D eigenvalue weighted by Crippen LogP contribution is 2.18. The molecule has 0 radical (unpaired) electrons. The second-order valence-electron chi connectivity index (χ2n) is 4.90. The third-order valence-corrected chi connectivity index (χ3v) is 4.96. The van der Waals surface area contributed by atoms with Crippen molar-refractivity contribution in [2.45, 2.75) is 43.7 Å². The van der Waals surface area contributed by atoms with Gasteiger partial charge in [-0.1, -0.05) is 19.1 Å². The fourth-order valence-corrected chi connectivity index (χ4v) is 3.58. The molecule has 1 aromatic rings. The first-order valence-electron chi connectivity index (χ1n) is 6.71. The first-order valence-corrected chi connectivity index (χ1v) is 8.19. The number of rotatable bonds is 5. The average molecular weight is 297 g/mol. The van der Waals surface area contributed by atoms with Crippen LogP contribution in [0.25, 0.3) is 0 Å². The van der Waals surface area contributed by atoms with Gasteiger partial charge in [0.25, 0.3) is 0 Å². The third kappa shape index (κ3) is 3.26. The van der Waals surface area contributed by atoms with Gasteiger partial charge in [-0.2, -0.15) is 0 Å². The summed E-state index contributed by atoms with van der Waals surface area (Å²) < 4.78 is 32.6. The average Bonchev–Trinajstić information content (AvgIpc) is 2.83. The van der Waals surface area contributed by atoms with E-state index in [1.54, 1.807) is 19.1 Å². The number of carbonyl (C=O) groups excluding carboxylic acids is 1. The van der Waals surface area contributed by atoms with Crippen molar-refractivity contribution < 1.29 is 17.9 Å². The van der Waals surface area contributed by atoms with Crippen molar-refractivity contribution in [3.05, 3.63) is 29.8 Å². The van der Waals surface area contributed by atoms with Gasteiger partial charge >= 0.3 is 0 Å². The van der Waals surface area contributed by atoms with E-state index in [-0.39, 0.29) is 22.8 Å². The number of carbonyl (C=O) groups is 1. The Kier molecular flexibility index (Phi) is 4.57. The van der Waals surface area contributed by atoms with Crippen LogP contribution in [0.5, 0.6) is 0 Å². The molecule has 0 saturated carbocycles. The Labute approximate surface area is 119 Å². The van der Waals surface area contributed by atoms with Crippen molar-refractivity contribution in [2.75, 3.05) is 6.61 Å². The van der Waals surface area contributed by atoms with Gasteiger partial charge in [-0.25, -0.2) is 13.1 Å². The molecule has 0 aliphatic carbocycles. The van der Waals surface area contributed by atoms with Crippen LogP contribution < -0.4 is 4.72 Å². The molecule has 1 aromatic carbocycles. The van der Waals surface area contributed by atoms with Gasteiger partial charge in [-0.3, -0.25) is 4.79 Å². The van der Waals surface area contributed by atoms with E-state index >= 15 is 0 Å². The molecule has 110 valence electrons. The van der Waals surface area contributed by atoms with Crippen LogP contribution in [0, 0.1) is 0 Å². The number of ketones is 1. The topological polar surface area (TPSA) is 72.5 Å². The number of ether oxygens (including phenoxy) is 1. The van der Waals surface area contributed by atoms with Crippen LogP contribution in [-0.4, -0.2) is 33.0 Å². The normalized spacial score (nSPS) is 22.9. The summed E-state index contributed by atoms with van der Waals surface area (Å²) in [6.45, 7) is 4.15. The molecule has 0 aromatic heterocycles. The minimum absolute atomic E-state index is 0.0698. The van der Waals surface area contributed by atoms with Crippen LogP contribution in [0.15, 0.2) is 29.2 Å². The highest BCUT2D eigenvalue weighted by Gasteiger charge is 2.29. The molecule has 2 rings (SSSR count). The van der Waals surface area contributed by atoms with Gasteiger partial charge in [0.1, 0.15) is 0 Å². The maximum atomic E-state index is 12.3. The summed E-state index contributed by atoms with van der Waals surface area (Å²) in [6.07, 6.45) is 0.878. The number of nitrogens with one attached hydrogen (secondary N) is 1. The lowest BCUT2D eigenvalue weighted by molar-refractivity contribution is 0.0988. The van der Waals surface area contributed by atoms with Crippen LogP contribution in [-0.2, 0) is 14.8 Å². The number of hydrogen-bond donors (Lipinski definition) is 1. The highest BCUT2D eigenvalue weighted by molar-refractivity contribution is 7.89. The Morgan fingerprint density at radius 2 is 2.20 bits per heavy atom. The molecule has 2 unspecified atom stereocenters. The zero-order valence-corrected chi connectivity index (χ0v) is 12.4. The van der Waals surface area contributed by atoms with Crippen molar-refractivity contribution in [3.63, 3.8) is 0 Å². The molecule has 0 amide bonds. The molecule has 1 fully saturated rings. The second-order valence-corrected chi connectivity index (χ2v) is 6.61. The van der Waals surface area contributed by atoms with E-state index in [0.29, 0.717) is 25.0 Å². The number of Topliss-reactive ketones (excluding diaryl/α,β-unsaturated/α-hetero) is 1. The van der Waals surface area contributed by atoms with Crippen molar-refractivity contribution >= 4 is 15.8 Å². The van der Waals surface area contributed by atoms with Gasteiger partial charge in [0.2, 0.25) is 10.0 Å². The van der Waals surface area contributed by atoms with E-state index in [2.05, 4.69) is 4.72 Å². The van der Waals surface area contributed by atoms with Gasteiger partial charge in [-0.05, 0) is 25.5 Å². The number of sulfonamides is 1. The molecule has 0 bridgehead atoms. The summed E-state index contributed by atoms with van der Waals surface area (Å²) in [7, 11) is -3.62. The zero-order chi connectivity index (χ0) is 14.8. The number of hydrogen-bond acceptors (Lipinski definition) is 4. The molecule has 5 nitrogen and oxygen atoms in total. The van der Waals surface area contributed by atoms with Gasteiger partial charge in [0.05, 0.1) is 17.0 Å². The van der Waals surface area contributed by atoms with E-state index in [0.717, 1.165) is 0 Å². The van der Waals surface area contributed by atoms with Gasteiger partial charge < -0.3 is 4.74 Å². The molecule has 1 aliphatic heterocycles. The quantitative estimate of drug-likeness (QED) is 0.840. The van der Waals surface area contributed by atoms with Crippen molar-refractivity contribution in [1.29, 1.82) is 0 Å². The van der Waals surface area contributed by atoms with Crippen LogP contribution in [0.3, 0.4) is 0 Å². The van der Waals surface area contributed by atoms with E-state index in [1.807, 2.05) is 6.92 Å². The minimum atomic E-state index is -3.62. The largest absolute Gasteiger partial charge is 0.377 e. The molecule has 2 atom stereocenters. The van der Waals surface area contributed by atoms with Crippen molar-refractivity contribution in [3.8, 4) is 0 Å². The Morgan fingerprint density at radius 3 is 2.80 bits per heavy atom. The highest BCUT2D eigenvalue weighted by atomic mass is 32.2. The molecule has 1 aliphatic rings. The van der Waals surface area contributed by atoms with E-state index in [4.69, 9.17) is 4.74 Å². The molecular formula is C14H19NO4S. The molecule has 20 heavy (non-hydrogen) atoms. The van der Waals surface area contributed by atoms with Gasteiger partial charge in [-0.15, -0.1) is 0 Å². The maximum Gasteiger partial charge on any atom is 0.240 e. The predicted molar refractivity (Wildman–Crippen MR) is 75.2 cm³/mol. The molecular weight excluding hydrogens is 278 g/mol.